The van der Waals surface area contributed by atoms with Gasteiger partial charge < -0.3 is 30.7 Å². The smallest absolute Gasteiger partial charge is 0.271 e. The lowest BCUT2D eigenvalue weighted by Gasteiger charge is -2.34. The van der Waals surface area contributed by atoms with Crippen LogP contribution in [0.2, 0.25) is 0 Å². The van der Waals surface area contributed by atoms with Crippen LogP contribution in [0.25, 0.3) is 0 Å². The summed E-state index contributed by atoms with van der Waals surface area (Å²) in [6.07, 6.45) is 5.10. The number of carbonyl (C=O) groups is 6. The molecule has 4 aliphatic rings. The van der Waals surface area contributed by atoms with Gasteiger partial charge in [0.25, 0.3) is 5.91 Å². The number of hydrogen-bond acceptors (Lipinski definition) is 11. The van der Waals surface area contributed by atoms with Crippen LogP contribution < -0.4 is 16.0 Å². The number of nitrogens with zero attached hydrogens (tertiary/aromatic N) is 4. The van der Waals surface area contributed by atoms with Crippen LogP contribution in [0.15, 0.2) is 35.7 Å². The Bertz CT molecular complexity index is 1960. The quantitative estimate of drug-likeness (QED) is 0.332. The van der Waals surface area contributed by atoms with Crippen molar-refractivity contribution in [3.8, 4) is 0 Å². The topological polar surface area (TPSA) is 212 Å². The number of benzene rings is 1. The fraction of sp³-hybridized carbons (Fsp3) is 0.595. The SMILES string of the molecule is CS(=O)CC[C@@H]1NC(=O)c2csc(n2)[C@H](Cc2ccccc2)NC(=O)[C@@H]2CCCN2C(=O)[C@H](CCS(C)(=O)=O)NC(=O)[C@@H]2CCCN2C(=O)[C@@H]2CCCN2C1=O. The number of carbonyl (C=O) groups excluding carboxylic acids is 6. The molecule has 1 aromatic heterocycles. The zero-order valence-corrected chi connectivity index (χ0v) is 34.0. The Morgan fingerprint density at radius 3 is 1.88 bits per heavy atom. The minimum Gasteiger partial charge on any atom is -0.345 e. The van der Waals surface area contributed by atoms with Gasteiger partial charge in [-0.15, -0.1) is 11.3 Å². The summed E-state index contributed by atoms with van der Waals surface area (Å²) in [6.45, 7) is 0.679. The van der Waals surface area contributed by atoms with E-state index in [-0.39, 0.29) is 43.9 Å². The highest BCUT2D eigenvalue weighted by atomic mass is 32.2. The highest BCUT2D eigenvalue weighted by Gasteiger charge is 2.45. The van der Waals surface area contributed by atoms with Gasteiger partial charge in [0.1, 0.15) is 50.7 Å². The minimum atomic E-state index is -3.55. The second-order valence-electron chi connectivity index (χ2n) is 15.0. The van der Waals surface area contributed by atoms with E-state index in [1.807, 2.05) is 30.3 Å². The van der Waals surface area contributed by atoms with Gasteiger partial charge >= 0.3 is 0 Å². The molecule has 2 aromatic rings. The van der Waals surface area contributed by atoms with Crippen molar-refractivity contribution in [3.05, 3.63) is 52.0 Å². The highest BCUT2D eigenvalue weighted by Crippen LogP contribution is 2.28. The Morgan fingerprint density at radius 1 is 0.750 bits per heavy atom. The molecule has 2 bridgehead atoms. The predicted molar refractivity (Wildman–Crippen MR) is 208 cm³/mol. The van der Waals surface area contributed by atoms with Gasteiger partial charge in [-0.25, -0.2) is 13.4 Å². The van der Waals surface area contributed by atoms with Crippen LogP contribution in [0.4, 0.5) is 0 Å². The molecule has 1 aromatic carbocycles. The maximum atomic E-state index is 14.3. The normalized spacial score (nSPS) is 27.5. The molecule has 0 spiro atoms. The van der Waals surface area contributed by atoms with Gasteiger partial charge in [0, 0.05) is 54.1 Å². The first-order chi connectivity index (χ1) is 26.7. The predicted octanol–water partition coefficient (Wildman–Crippen LogP) is 0.316. The molecule has 0 radical (unpaired) electrons. The molecule has 19 heteroatoms. The minimum absolute atomic E-state index is 0.0172. The summed E-state index contributed by atoms with van der Waals surface area (Å²) in [6, 6.07) is 3.43. The number of hydrogen-bond donors (Lipinski definition) is 3. The lowest BCUT2D eigenvalue weighted by atomic mass is 10.1. The van der Waals surface area contributed by atoms with Crippen molar-refractivity contribution in [2.45, 2.75) is 94.0 Å². The summed E-state index contributed by atoms with van der Waals surface area (Å²) in [5, 5.41) is 10.5. The Kier molecular flexibility index (Phi) is 13.3. The molecule has 3 fully saturated rings. The molecule has 5 heterocycles. The first-order valence-electron chi connectivity index (χ1n) is 19.0. The molecule has 4 aliphatic heterocycles. The van der Waals surface area contributed by atoms with E-state index >= 15 is 0 Å². The van der Waals surface area contributed by atoms with Gasteiger partial charge in [0.2, 0.25) is 29.5 Å². The number of nitrogens with one attached hydrogen (secondary N) is 3. The molecule has 6 rings (SSSR count). The molecule has 304 valence electrons. The van der Waals surface area contributed by atoms with Gasteiger partial charge in [-0.1, -0.05) is 30.3 Å². The number of aromatic nitrogens is 1. The Morgan fingerprint density at radius 2 is 1.29 bits per heavy atom. The van der Waals surface area contributed by atoms with Crippen LogP contribution >= 0.6 is 11.3 Å². The van der Waals surface area contributed by atoms with E-state index in [2.05, 4.69) is 20.9 Å². The van der Waals surface area contributed by atoms with Crippen LogP contribution in [-0.4, -0.2) is 142 Å². The van der Waals surface area contributed by atoms with E-state index in [1.165, 1.54) is 26.3 Å². The summed E-state index contributed by atoms with van der Waals surface area (Å²) in [7, 11) is -4.84. The van der Waals surface area contributed by atoms with Gasteiger partial charge in [-0.05, 0) is 63.4 Å². The van der Waals surface area contributed by atoms with Gasteiger partial charge in [0.15, 0.2) is 0 Å². The second-order valence-corrected chi connectivity index (χ2v) is 19.7. The maximum absolute atomic E-state index is 14.3. The zero-order chi connectivity index (χ0) is 40.1. The van der Waals surface area contributed by atoms with E-state index < -0.39 is 98.1 Å². The van der Waals surface area contributed by atoms with Crippen LogP contribution in [-0.2, 0) is 51.0 Å². The molecular formula is C37H49N7O9S3. The molecule has 3 saturated heterocycles. The monoisotopic (exact) mass is 831 g/mol. The van der Waals surface area contributed by atoms with E-state index in [9.17, 15) is 41.4 Å². The fourth-order valence-electron chi connectivity index (χ4n) is 7.99. The Labute approximate surface area is 332 Å². The van der Waals surface area contributed by atoms with E-state index in [4.69, 9.17) is 0 Å². The van der Waals surface area contributed by atoms with Crippen molar-refractivity contribution in [3.63, 3.8) is 0 Å². The molecule has 3 N–H and O–H groups in total. The number of sulfone groups is 1. The standard InChI is InChI=1S/C37H49N7O9S3/c1-55(51)19-14-24-35(48)44-18-8-13-30(44)37(50)43-17-7-12-29(43)32(46)39-25(15-20-56(2,52)53)36(49)42-16-6-11-28(42)33(47)40-26(21-23-9-4-3-5-10-23)34-41-27(22-54-34)31(45)38-24/h3-5,9-10,22,24-26,28-30H,6-8,11-21H2,1-2H3,(H,38,45)(H,39,46)(H,40,47)/t24-,25-,26-,28-,29-,30-,55?/m0/s1. The van der Waals surface area contributed by atoms with Crippen molar-refractivity contribution < 1.29 is 41.4 Å². The number of rotatable bonds is 8. The molecule has 0 saturated carbocycles. The van der Waals surface area contributed by atoms with Crippen molar-refractivity contribution in [1.82, 2.24) is 35.6 Å². The molecule has 6 amide bonds. The van der Waals surface area contributed by atoms with Crippen molar-refractivity contribution in [2.75, 3.05) is 43.7 Å². The summed E-state index contributed by atoms with van der Waals surface area (Å²) < 4.78 is 36.8. The first kappa shape index (κ1) is 41.4. The maximum Gasteiger partial charge on any atom is 0.271 e. The number of thiazole rings is 1. The molecule has 56 heavy (non-hydrogen) atoms. The van der Waals surface area contributed by atoms with Crippen LogP contribution in [0.5, 0.6) is 0 Å². The molecular weight excluding hydrogens is 783 g/mol. The third-order valence-corrected chi connectivity index (χ3v) is 13.6. The summed E-state index contributed by atoms with van der Waals surface area (Å²) in [4.78, 5) is 93.3. The van der Waals surface area contributed by atoms with E-state index in [0.29, 0.717) is 50.0 Å². The second kappa shape index (κ2) is 17.9. The summed E-state index contributed by atoms with van der Waals surface area (Å²) in [5.41, 5.74) is 0.893. The summed E-state index contributed by atoms with van der Waals surface area (Å²) >= 11 is 1.15. The van der Waals surface area contributed by atoms with Crippen LogP contribution in [0.3, 0.4) is 0 Å². The highest BCUT2D eigenvalue weighted by molar-refractivity contribution is 7.90. The molecule has 7 atom stereocenters. The van der Waals surface area contributed by atoms with Gasteiger partial charge in [-0.2, -0.15) is 0 Å². The molecule has 1 unspecified atom stereocenters. The van der Waals surface area contributed by atoms with E-state index in [1.54, 1.807) is 0 Å². The average Bonchev–Trinajstić information content (AvgIpc) is 4.00. The average molecular weight is 832 g/mol. The largest absolute Gasteiger partial charge is 0.345 e. The molecule has 0 aliphatic carbocycles. The van der Waals surface area contributed by atoms with Crippen LogP contribution in [0, 0.1) is 0 Å². The van der Waals surface area contributed by atoms with Crippen molar-refractivity contribution >= 4 is 67.4 Å². The Balaban J connectivity index is 1.38. The van der Waals surface area contributed by atoms with Crippen molar-refractivity contribution in [2.24, 2.45) is 0 Å². The third kappa shape index (κ3) is 9.82. The summed E-state index contributed by atoms with van der Waals surface area (Å²) in [5.74, 6) is -3.56. The Hall–Kier alpha value is -4.23. The number of fused-ring (bicyclic) bond motifs is 5. The lowest BCUT2D eigenvalue weighted by molar-refractivity contribution is -0.148. The molecule has 16 nitrogen and oxygen atoms in total. The first-order valence-corrected chi connectivity index (χ1v) is 23.7. The number of amides is 6. The zero-order valence-electron chi connectivity index (χ0n) is 31.5. The lowest BCUT2D eigenvalue weighted by Crippen LogP contribution is -2.58. The van der Waals surface area contributed by atoms with E-state index in [0.717, 1.165) is 23.2 Å². The fourth-order valence-corrected chi connectivity index (χ4v) is 10.1. The van der Waals surface area contributed by atoms with Gasteiger partial charge in [-0.3, -0.25) is 33.0 Å². The van der Waals surface area contributed by atoms with Gasteiger partial charge in [0.05, 0.1) is 11.8 Å². The third-order valence-electron chi connectivity index (χ3n) is 10.8. The van der Waals surface area contributed by atoms with Crippen molar-refractivity contribution in [1.29, 1.82) is 0 Å². The van der Waals surface area contributed by atoms with Crippen LogP contribution in [0.1, 0.15) is 78.5 Å².